The summed E-state index contributed by atoms with van der Waals surface area (Å²) in [5.41, 5.74) is 0.890. The van der Waals surface area contributed by atoms with Crippen molar-refractivity contribution < 1.29 is 18.6 Å². The van der Waals surface area contributed by atoms with Crippen LogP contribution in [-0.2, 0) is 6.61 Å². The zero-order valence-corrected chi connectivity index (χ0v) is 10.8. The van der Waals surface area contributed by atoms with E-state index in [1.165, 1.54) is 6.07 Å². The standard InChI is InChI=1S/C14H11ClF2O2/c1-8-4-10(2-3-11(8)15)19-14-12(16)5-9(7-18)6-13(14)17/h2-6,18H,7H2,1H3. The summed E-state index contributed by atoms with van der Waals surface area (Å²) in [4.78, 5) is 0. The average Bonchev–Trinajstić information content (AvgIpc) is 2.37. The second-order valence-electron chi connectivity index (χ2n) is 4.06. The maximum atomic E-state index is 13.7. The number of aryl methyl sites for hydroxylation is 1. The molecule has 0 atom stereocenters. The first-order chi connectivity index (χ1) is 9.01. The third kappa shape index (κ3) is 3.03. The molecule has 0 saturated heterocycles. The van der Waals surface area contributed by atoms with E-state index in [4.69, 9.17) is 21.4 Å². The fraction of sp³-hybridized carbons (Fsp3) is 0.143. The Bertz CT molecular complexity index is 591. The van der Waals surface area contributed by atoms with Gasteiger partial charge in [0.05, 0.1) is 6.61 Å². The van der Waals surface area contributed by atoms with Gasteiger partial charge in [0.1, 0.15) is 5.75 Å². The summed E-state index contributed by atoms with van der Waals surface area (Å²) in [6.45, 7) is 1.32. The molecular formula is C14H11ClF2O2. The molecule has 0 aromatic heterocycles. The fourth-order valence-electron chi connectivity index (χ4n) is 1.60. The van der Waals surface area contributed by atoms with Crippen LogP contribution in [0.5, 0.6) is 11.5 Å². The molecule has 0 heterocycles. The maximum Gasteiger partial charge on any atom is 0.198 e. The van der Waals surface area contributed by atoms with Crippen molar-refractivity contribution in [3.05, 3.63) is 58.1 Å². The van der Waals surface area contributed by atoms with Crippen molar-refractivity contribution in [1.82, 2.24) is 0 Å². The summed E-state index contributed by atoms with van der Waals surface area (Å²) in [6, 6.07) is 6.75. The second-order valence-corrected chi connectivity index (χ2v) is 4.47. The van der Waals surface area contributed by atoms with Gasteiger partial charge in [-0.2, -0.15) is 0 Å². The number of hydrogen-bond acceptors (Lipinski definition) is 2. The predicted octanol–water partition coefficient (Wildman–Crippen LogP) is 4.21. The summed E-state index contributed by atoms with van der Waals surface area (Å²) >= 11 is 5.85. The van der Waals surface area contributed by atoms with Gasteiger partial charge in [0.25, 0.3) is 0 Å². The molecule has 0 bridgehead atoms. The molecule has 19 heavy (non-hydrogen) atoms. The first-order valence-electron chi connectivity index (χ1n) is 5.54. The van der Waals surface area contributed by atoms with E-state index < -0.39 is 24.0 Å². The summed E-state index contributed by atoms with van der Waals surface area (Å²) in [6.07, 6.45) is 0. The molecule has 0 fully saturated rings. The van der Waals surface area contributed by atoms with Crippen LogP contribution in [0.4, 0.5) is 8.78 Å². The fourth-order valence-corrected chi connectivity index (χ4v) is 1.72. The normalized spacial score (nSPS) is 10.6. The summed E-state index contributed by atoms with van der Waals surface area (Å²) in [5.74, 6) is -1.94. The number of hydrogen-bond donors (Lipinski definition) is 1. The lowest BCUT2D eigenvalue weighted by molar-refractivity contribution is 0.279. The minimum Gasteiger partial charge on any atom is -0.451 e. The van der Waals surface area contributed by atoms with Gasteiger partial charge >= 0.3 is 0 Å². The first kappa shape index (κ1) is 13.8. The van der Waals surface area contributed by atoms with Crippen LogP contribution in [0.15, 0.2) is 30.3 Å². The minimum absolute atomic E-state index is 0.148. The summed E-state index contributed by atoms with van der Waals surface area (Å²) in [5, 5.41) is 9.39. The number of ether oxygens (including phenoxy) is 1. The van der Waals surface area contributed by atoms with Gasteiger partial charge < -0.3 is 9.84 Å². The molecule has 2 aromatic rings. The van der Waals surface area contributed by atoms with E-state index in [0.717, 1.165) is 17.7 Å². The third-order valence-corrected chi connectivity index (χ3v) is 3.01. The Morgan fingerprint density at radius 3 is 2.32 bits per heavy atom. The Balaban J connectivity index is 2.35. The van der Waals surface area contributed by atoms with Crippen LogP contribution < -0.4 is 4.74 Å². The molecule has 2 nitrogen and oxygen atoms in total. The van der Waals surface area contributed by atoms with E-state index in [1.54, 1.807) is 19.1 Å². The van der Waals surface area contributed by atoms with Crippen LogP contribution in [0.25, 0.3) is 0 Å². The lowest BCUT2D eigenvalue weighted by Gasteiger charge is -2.10. The van der Waals surface area contributed by atoms with Crippen LogP contribution in [0.2, 0.25) is 5.02 Å². The molecule has 0 amide bonds. The highest BCUT2D eigenvalue weighted by molar-refractivity contribution is 6.31. The van der Waals surface area contributed by atoms with Crippen LogP contribution in [-0.4, -0.2) is 5.11 Å². The highest BCUT2D eigenvalue weighted by Gasteiger charge is 2.13. The molecule has 2 rings (SSSR count). The molecule has 0 spiro atoms. The molecule has 0 unspecified atom stereocenters. The van der Waals surface area contributed by atoms with E-state index in [9.17, 15) is 8.78 Å². The highest BCUT2D eigenvalue weighted by Crippen LogP contribution is 2.30. The van der Waals surface area contributed by atoms with Crippen molar-refractivity contribution in [1.29, 1.82) is 0 Å². The minimum atomic E-state index is -0.864. The van der Waals surface area contributed by atoms with Crippen LogP contribution in [0.1, 0.15) is 11.1 Å². The Kier molecular flexibility index (Phi) is 4.02. The monoisotopic (exact) mass is 284 g/mol. The molecule has 0 aliphatic carbocycles. The van der Waals surface area contributed by atoms with Gasteiger partial charge in [0.15, 0.2) is 17.4 Å². The molecule has 2 aromatic carbocycles. The zero-order valence-electron chi connectivity index (χ0n) is 10.1. The number of aliphatic hydroxyl groups excluding tert-OH is 1. The lowest BCUT2D eigenvalue weighted by Crippen LogP contribution is -1.96. The number of benzene rings is 2. The smallest absolute Gasteiger partial charge is 0.198 e. The van der Waals surface area contributed by atoms with Crippen molar-refractivity contribution in [2.24, 2.45) is 0 Å². The van der Waals surface area contributed by atoms with Crippen molar-refractivity contribution >= 4 is 11.6 Å². The van der Waals surface area contributed by atoms with E-state index in [-0.39, 0.29) is 11.3 Å². The molecular weight excluding hydrogens is 274 g/mol. The third-order valence-electron chi connectivity index (χ3n) is 2.59. The van der Waals surface area contributed by atoms with Crippen molar-refractivity contribution in [2.75, 3.05) is 0 Å². The second kappa shape index (κ2) is 5.55. The largest absolute Gasteiger partial charge is 0.451 e. The van der Waals surface area contributed by atoms with Crippen molar-refractivity contribution in [3.8, 4) is 11.5 Å². The highest BCUT2D eigenvalue weighted by atomic mass is 35.5. The molecule has 0 saturated carbocycles. The lowest BCUT2D eigenvalue weighted by atomic mass is 10.2. The van der Waals surface area contributed by atoms with Crippen LogP contribution >= 0.6 is 11.6 Å². The number of rotatable bonds is 3. The SMILES string of the molecule is Cc1cc(Oc2c(F)cc(CO)cc2F)ccc1Cl. The zero-order chi connectivity index (χ0) is 14.0. The molecule has 1 N–H and O–H groups in total. The number of aliphatic hydroxyl groups is 1. The van der Waals surface area contributed by atoms with E-state index in [2.05, 4.69) is 0 Å². The van der Waals surface area contributed by atoms with Crippen LogP contribution in [0, 0.1) is 18.6 Å². The van der Waals surface area contributed by atoms with Crippen molar-refractivity contribution in [3.63, 3.8) is 0 Å². The first-order valence-corrected chi connectivity index (χ1v) is 5.92. The Hall–Kier alpha value is -1.65. The molecule has 5 heteroatoms. The Morgan fingerprint density at radius 2 is 1.79 bits per heavy atom. The van der Waals surface area contributed by atoms with E-state index in [1.807, 2.05) is 0 Å². The maximum absolute atomic E-state index is 13.7. The predicted molar refractivity (Wildman–Crippen MR) is 68.5 cm³/mol. The van der Waals surface area contributed by atoms with Gasteiger partial charge in [-0.3, -0.25) is 0 Å². The average molecular weight is 285 g/mol. The number of halogens is 3. The molecule has 0 aliphatic rings. The summed E-state index contributed by atoms with van der Waals surface area (Å²) in [7, 11) is 0. The van der Waals surface area contributed by atoms with Gasteiger partial charge in [-0.1, -0.05) is 11.6 Å². The van der Waals surface area contributed by atoms with Gasteiger partial charge in [0, 0.05) is 5.02 Å². The molecule has 100 valence electrons. The molecule has 0 aliphatic heterocycles. The van der Waals surface area contributed by atoms with Gasteiger partial charge in [0.2, 0.25) is 0 Å². The topological polar surface area (TPSA) is 29.5 Å². The summed E-state index contributed by atoms with van der Waals surface area (Å²) < 4.78 is 32.5. The van der Waals surface area contributed by atoms with Gasteiger partial charge in [-0.25, -0.2) is 8.78 Å². The van der Waals surface area contributed by atoms with Crippen LogP contribution in [0.3, 0.4) is 0 Å². The quantitative estimate of drug-likeness (QED) is 0.915. The van der Waals surface area contributed by atoms with E-state index >= 15 is 0 Å². The Labute approximate surface area is 114 Å². The van der Waals surface area contributed by atoms with Gasteiger partial charge in [-0.05, 0) is 48.4 Å². The Morgan fingerprint density at radius 1 is 1.16 bits per heavy atom. The van der Waals surface area contributed by atoms with E-state index in [0.29, 0.717) is 5.02 Å². The van der Waals surface area contributed by atoms with Crippen molar-refractivity contribution in [2.45, 2.75) is 13.5 Å². The molecule has 0 radical (unpaired) electrons. The van der Waals surface area contributed by atoms with Gasteiger partial charge in [-0.15, -0.1) is 0 Å².